The second-order valence-corrected chi connectivity index (χ2v) is 9.44. The summed E-state index contributed by atoms with van der Waals surface area (Å²) in [5.41, 5.74) is 1.99. The number of rotatable bonds is 11. The zero-order chi connectivity index (χ0) is 25.2. The standard InChI is InChI=1S/C26H28N2O5S2/c1-3-33-21-14-12-20(13-15-21)27-23(29)7-5-4-6-16-28-24(30)22(35-26(28)34)17-18-8-10-19(11-9-18)25(31)32-2/h8-15,17H,3-7,16H2,1-2H3,(H,27,29). The van der Waals surface area contributed by atoms with Gasteiger partial charge in [0.1, 0.15) is 10.1 Å². The van der Waals surface area contributed by atoms with Gasteiger partial charge in [0.25, 0.3) is 5.91 Å². The van der Waals surface area contributed by atoms with Crippen molar-refractivity contribution in [1.82, 2.24) is 4.90 Å². The molecule has 184 valence electrons. The van der Waals surface area contributed by atoms with Gasteiger partial charge in [0.15, 0.2) is 0 Å². The number of benzene rings is 2. The number of carbonyl (C=O) groups excluding carboxylic acids is 3. The molecule has 9 heteroatoms. The molecule has 1 heterocycles. The predicted octanol–water partition coefficient (Wildman–Crippen LogP) is 5.27. The molecule has 2 amide bonds. The van der Waals surface area contributed by atoms with Gasteiger partial charge in [0.05, 0.1) is 24.2 Å². The molecule has 1 aliphatic heterocycles. The predicted molar refractivity (Wildman–Crippen MR) is 142 cm³/mol. The second-order valence-electron chi connectivity index (χ2n) is 7.76. The van der Waals surface area contributed by atoms with Gasteiger partial charge in [-0.25, -0.2) is 4.79 Å². The van der Waals surface area contributed by atoms with Crippen molar-refractivity contribution in [2.45, 2.75) is 32.6 Å². The molecule has 0 saturated carbocycles. The third-order valence-corrected chi connectivity index (χ3v) is 6.62. The number of thioether (sulfide) groups is 1. The first-order chi connectivity index (χ1) is 16.9. The molecule has 1 aliphatic rings. The number of hydrogen-bond donors (Lipinski definition) is 1. The fourth-order valence-corrected chi connectivity index (χ4v) is 4.74. The molecule has 0 unspecified atom stereocenters. The first kappa shape index (κ1) is 26.4. The van der Waals surface area contributed by atoms with Gasteiger partial charge in [0, 0.05) is 18.7 Å². The largest absolute Gasteiger partial charge is 0.494 e. The van der Waals surface area contributed by atoms with E-state index in [0.717, 1.165) is 36.3 Å². The highest BCUT2D eigenvalue weighted by Crippen LogP contribution is 2.32. The van der Waals surface area contributed by atoms with E-state index in [0.29, 0.717) is 34.4 Å². The number of carbonyl (C=O) groups is 3. The maximum atomic E-state index is 12.8. The van der Waals surface area contributed by atoms with E-state index in [1.807, 2.05) is 31.2 Å². The third kappa shape index (κ3) is 7.66. The van der Waals surface area contributed by atoms with E-state index in [9.17, 15) is 14.4 Å². The van der Waals surface area contributed by atoms with Gasteiger partial charge >= 0.3 is 5.97 Å². The van der Waals surface area contributed by atoms with Gasteiger partial charge in [-0.3, -0.25) is 14.5 Å². The van der Waals surface area contributed by atoms with Crippen LogP contribution in [0, 0.1) is 0 Å². The summed E-state index contributed by atoms with van der Waals surface area (Å²) < 4.78 is 10.6. The summed E-state index contributed by atoms with van der Waals surface area (Å²) in [6.07, 6.45) is 4.46. The van der Waals surface area contributed by atoms with Crippen LogP contribution in [-0.4, -0.2) is 47.3 Å². The molecular weight excluding hydrogens is 484 g/mol. The van der Waals surface area contributed by atoms with Crippen LogP contribution in [0.5, 0.6) is 5.75 Å². The van der Waals surface area contributed by atoms with Crippen molar-refractivity contribution in [2.75, 3.05) is 25.6 Å². The van der Waals surface area contributed by atoms with Crippen LogP contribution in [0.2, 0.25) is 0 Å². The van der Waals surface area contributed by atoms with Gasteiger partial charge < -0.3 is 14.8 Å². The van der Waals surface area contributed by atoms with Crippen LogP contribution in [-0.2, 0) is 14.3 Å². The Morgan fingerprint density at radius 3 is 2.43 bits per heavy atom. The van der Waals surface area contributed by atoms with E-state index in [1.165, 1.54) is 18.9 Å². The van der Waals surface area contributed by atoms with Crippen molar-refractivity contribution in [2.24, 2.45) is 0 Å². The number of anilines is 1. The van der Waals surface area contributed by atoms with E-state index in [2.05, 4.69) is 5.32 Å². The zero-order valence-corrected chi connectivity index (χ0v) is 21.4. The molecule has 2 aromatic rings. The summed E-state index contributed by atoms with van der Waals surface area (Å²) in [5, 5.41) is 2.88. The Bertz CT molecular complexity index is 1100. The topological polar surface area (TPSA) is 84.9 Å². The number of methoxy groups -OCH3 is 1. The summed E-state index contributed by atoms with van der Waals surface area (Å²) in [6.45, 7) is 3.04. The lowest BCUT2D eigenvalue weighted by molar-refractivity contribution is -0.122. The van der Waals surface area contributed by atoms with Crippen molar-refractivity contribution in [1.29, 1.82) is 0 Å². The van der Waals surface area contributed by atoms with Crippen molar-refractivity contribution >= 4 is 57.8 Å². The van der Waals surface area contributed by atoms with Crippen LogP contribution in [0.4, 0.5) is 5.69 Å². The Morgan fingerprint density at radius 2 is 1.77 bits per heavy atom. The highest BCUT2D eigenvalue weighted by molar-refractivity contribution is 8.26. The quantitative estimate of drug-likeness (QED) is 0.190. The SMILES string of the molecule is CCOc1ccc(NC(=O)CCCCCN2C(=O)C(=Cc3ccc(C(=O)OC)cc3)SC2=S)cc1. The van der Waals surface area contributed by atoms with Crippen LogP contribution in [0.25, 0.3) is 6.08 Å². The Morgan fingerprint density at radius 1 is 1.06 bits per heavy atom. The Labute approximate surface area is 214 Å². The third-order valence-electron chi connectivity index (χ3n) is 5.24. The van der Waals surface area contributed by atoms with Gasteiger partial charge in [-0.1, -0.05) is 42.5 Å². The van der Waals surface area contributed by atoms with Gasteiger partial charge in [0.2, 0.25) is 5.91 Å². The summed E-state index contributed by atoms with van der Waals surface area (Å²) in [5.74, 6) is 0.204. The Kier molecular flexibility index (Phi) is 9.86. The van der Waals surface area contributed by atoms with Gasteiger partial charge in [-0.15, -0.1) is 0 Å². The normalized spacial score (nSPS) is 14.3. The van der Waals surface area contributed by atoms with Crippen molar-refractivity contribution in [3.05, 3.63) is 64.6 Å². The number of amides is 2. The molecule has 7 nitrogen and oxygen atoms in total. The second kappa shape index (κ2) is 13.1. The van der Waals surface area contributed by atoms with Crippen molar-refractivity contribution in [3.8, 4) is 5.75 Å². The Balaban J connectivity index is 1.41. The van der Waals surface area contributed by atoms with E-state index in [-0.39, 0.29) is 11.8 Å². The summed E-state index contributed by atoms with van der Waals surface area (Å²) in [7, 11) is 1.33. The number of thiocarbonyl (C=S) groups is 1. The maximum absolute atomic E-state index is 12.8. The van der Waals surface area contributed by atoms with E-state index >= 15 is 0 Å². The summed E-state index contributed by atoms with van der Waals surface area (Å²) >= 11 is 6.66. The summed E-state index contributed by atoms with van der Waals surface area (Å²) in [6, 6.07) is 14.1. The number of nitrogens with one attached hydrogen (secondary N) is 1. The number of unbranched alkanes of at least 4 members (excludes halogenated alkanes) is 2. The minimum Gasteiger partial charge on any atom is -0.494 e. The maximum Gasteiger partial charge on any atom is 0.337 e. The highest BCUT2D eigenvalue weighted by Gasteiger charge is 2.31. The summed E-state index contributed by atoms with van der Waals surface area (Å²) in [4.78, 5) is 38.7. The first-order valence-corrected chi connectivity index (χ1v) is 12.6. The smallest absolute Gasteiger partial charge is 0.337 e. The molecule has 2 aromatic carbocycles. The fraction of sp³-hybridized carbons (Fsp3) is 0.308. The average molecular weight is 513 g/mol. The monoisotopic (exact) mass is 512 g/mol. The molecule has 35 heavy (non-hydrogen) atoms. The van der Waals surface area contributed by atoms with Crippen LogP contribution in [0.1, 0.15) is 48.5 Å². The number of nitrogens with zero attached hydrogens (tertiary/aromatic N) is 1. The Hall–Kier alpha value is -3.17. The van der Waals surface area contributed by atoms with Crippen LogP contribution >= 0.6 is 24.0 Å². The molecule has 1 fully saturated rings. The van der Waals surface area contributed by atoms with E-state index < -0.39 is 5.97 Å². The molecular formula is C26H28N2O5S2. The lowest BCUT2D eigenvalue weighted by atomic mass is 10.1. The lowest BCUT2D eigenvalue weighted by Crippen LogP contribution is -2.29. The van der Waals surface area contributed by atoms with Gasteiger partial charge in [-0.05, 0) is 67.8 Å². The van der Waals surface area contributed by atoms with Crippen LogP contribution < -0.4 is 10.1 Å². The van der Waals surface area contributed by atoms with Gasteiger partial charge in [-0.2, -0.15) is 0 Å². The molecule has 3 rings (SSSR count). The number of ether oxygens (including phenoxy) is 2. The van der Waals surface area contributed by atoms with E-state index in [1.54, 1.807) is 35.2 Å². The van der Waals surface area contributed by atoms with Crippen molar-refractivity contribution in [3.63, 3.8) is 0 Å². The zero-order valence-electron chi connectivity index (χ0n) is 19.7. The molecule has 0 radical (unpaired) electrons. The number of esters is 1. The molecule has 0 atom stereocenters. The van der Waals surface area contributed by atoms with Crippen molar-refractivity contribution < 1.29 is 23.9 Å². The molecule has 0 aliphatic carbocycles. The molecule has 0 bridgehead atoms. The fourth-order valence-electron chi connectivity index (χ4n) is 3.43. The molecule has 1 saturated heterocycles. The first-order valence-electron chi connectivity index (χ1n) is 11.4. The minimum atomic E-state index is -0.406. The molecule has 0 spiro atoms. The van der Waals surface area contributed by atoms with E-state index in [4.69, 9.17) is 21.7 Å². The number of hydrogen-bond acceptors (Lipinski definition) is 7. The molecule has 1 N–H and O–H groups in total. The van der Waals surface area contributed by atoms with Crippen LogP contribution in [0.15, 0.2) is 53.4 Å². The lowest BCUT2D eigenvalue weighted by Gasteiger charge is -2.14. The highest BCUT2D eigenvalue weighted by atomic mass is 32.2. The molecule has 0 aromatic heterocycles. The average Bonchev–Trinajstić information content (AvgIpc) is 3.12. The minimum absolute atomic E-state index is 0.0408. The van der Waals surface area contributed by atoms with Crippen LogP contribution in [0.3, 0.4) is 0 Å².